The second-order valence-corrected chi connectivity index (χ2v) is 5.46. The molecular formula is C11H15ClN2O2S. The van der Waals surface area contributed by atoms with Gasteiger partial charge in [0.1, 0.15) is 0 Å². The van der Waals surface area contributed by atoms with Gasteiger partial charge in [0.2, 0.25) is 5.91 Å². The molecule has 94 valence electrons. The minimum atomic E-state index is -1.19. The predicted octanol–water partition coefficient (Wildman–Crippen LogP) is 1.56. The van der Waals surface area contributed by atoms with Crippen LogP contribution in [-0.2, 0) is 15.6 Å². The van der Waals surface area contributed by atoms with Crippen molar-refractivity contribution in [1.29, 1.82) is 0 Å². The summed E-state index contributed by atoms with van der Waals surface area (Å²) in [6.45, 7) is 0. The average molecular weight is 275 g/mol. The summed E-state index contributed by atoms with van der Waals surface area (Å²) in [7, 11) is 0.390. The van der Waals surface area contributed by atoms with Crippen molar-refractivity contribution in [1.82, 2.24) is 5.32 Å². The normalized spacial score (nSPS) is 12.1. The van der Waals surface area contributed by atoms with Gasteiger partial charge in [0, 0.05) is 24.9 Å². The lowest BCUT2D eigenvalue weighted by Gasteiger charge is -2.05. The molecule has 1 aromatic rings. The third-order valence-corrected chi connectivity index (χ3v) is 4.14. The lowest BCUT2D eigenvalue weighted by molar-refractivity contribution is -0.120. The van der Waals surface area contributed by atoms with Gasteiger partial charge in [0.25, 0.3) is 0 Å². The molecule has 0 heterocycles. The quantitative estimate of drug-likeness (QED) is 0.801. The van der Waals surface area contributed by atoms with Crippen LogP contribution in [0.2, 0.25) is 5.02 Å². The van der Waals surface area contributed by atoms with Gasteiger partial charge in [-0.2, -0.15) is 0 Å². The molecule has 1 rings (SSSR count). The lowest BCUT2D eigenvalue weighted by atomic mass is 10.3. The number of amides is 1. The van der Waals surface area contributed by atoms with Gasteiger partial charge in [-0.3, -0.25) is 9.00 Å². The van der Waals surface area contributed by atoms with Gasteiger partial charge in [0.05, 0.1) is 20.7 Å². The van der Waals surface area contributed by atoms with Crippen LogP contribution >= 0.6 is 11.6 Å². The topological polar surface area (TPSA) is 72.2 Å². The Morgan fingerprint density at radius 1 is 1.53 bits per heavy atom. The van der Waals surface area contributed by atoms with E-state index in [4.69, 9.17) is 17.3 Å². The molecule has 1 atom stereocenters. The summed E-state index contributed by atoms with van der Waals surface area (Å²) < 4.78 is 11.9. The second kappa shape index (κ2) is 6.61. The maximum Gasteiger partial charge on any atom is 0.219 e. The Bertz CT molecular complexity index is 437. The number of carbonyl (C=O) groups excluding carboxylic acids is 1. The van der Waals surface area contributed by atoms with Crippen molar-refractivity contribution >= 4 is 34.0 Å². The Balaban J connectivity index is 2.55. The van der Waals surface area contributed by atoms with Gasteiger partial charge < -0.3 is 11.1 Å². The molecule has 1 amide bonds. The number of carbonyl (C=O) groups is 1. The minimum absolute atomic E-state index is 0.0506. The Morgan fingerprint density at radius 2 is 2.24 bits per heavy atom. The molecule has 0 radical (unpaired) electrons. The monoisotopic (exact) mass is 274 g/mol. The summed E-state index contributed by atoms with van der Waals surface area (Å²) in [5.74, 6) is 0.363. The molecule has 6 heteroatoms. The van der Waals surface area contributed by atoms with E-state index in [1.807, 2.05) is 0 Å². The number of nitrogens with one attached hydrogen (secondary N) is 1. The standard InChI is InChI=1S/C11H15ClN2O2S/c1-14-11(15)3-2-6-17(16)10-5-4-8(13)7-9(10)12/h4-5,7H,2-3,6,13H2,1H3,(H,14,15). The summed E-state index contributed by atoms with van der Waals surface area (Å²) in [4.78, 5) is 11.6. The zero-order valence-electron chi connectivity index (χ0n) is 9.53. The van der Waals surface area contributed by atoms with Crippen LogP contribution in [0.1, 0.15) is 12.8 Å². The smallest absolute Gasteiger partial charge is 0.219 e. The molecule has 3 N–H and O–H groups in total. The molecule has 1 aromatic carbocycles. The lowest BCUT2D eigenvalue weighted by Crippen LogP contribution is -2.17. The fourth-order valence-corrected chi connectivity index (χ4v) is 2.87. The van der Waals surface area contributed by atoms with E-state index < -0.39 is 10.8 Å². The predicted molar refractivity (Wildman–Crippen MR) is 70.4 cm³/mol. The van der Waals surface area contributed by atoms with Crippen LogP contribution in [0.5, 0.6) is 0 Å². The van der Waals surface area contributed by atoms with E-state index in [2.05, 4.69) is 5.32 Å². The molecule has 0 spiro atoms. The molecule has 0 aliphatic carbocycles. The van der Waals surface area contributed by atoms with E-state index in [1.54, 1.807) is 25.2 Å². The third-order valence-electron chi connectivity index (χ3n) is 2.21. The first-order chi connectivity index (χ1) is 8.04. The van der Waals surface area contributed by atoms with Gasteiger partial charge in [-0.15, -0.1) is 0 Å². The van der Waals surface area contributed by atoms with E-state index in [0.717, 1.165) is 0 Å². The first-order valence-electron chi connectivity index (χ1n) is 5.18. The van der Waals surface area contributed by atoms with Crippen LogP contribution < -0.4 is 11.1 Å². The maximum atomic E-state index is 11.9. The first kappa shape index (κ1) is 14.0. The number of halogens is 1. The molecule has 0 bridgehead atoms. The fraction of sp³-hybridized carbons (Fsp3) is 0.364. The van der Waals surface area contributed by atoms with E-state index in [1.165, 1.54) is 0 Å². The van der Waals surface area contributed by atoms with Crippen molar-refractivity contribution in [3.8, 4) is 0 Å². The number of hydrogen-bond acceptors (Lipinski definition) is 3. The average Bonchev–Trinajstić information content (AvgIpc) is 2.28. The SMILES string of the molecule is CNC(=O)CCCS(=O)c1ccc(N)cc1Cl. The zero-order valence-corrected chi connectivity index (χ0v) is 11.1. The van der Waals surface area contributed by atoms with Gasteiger partial charge in [-0.05, 0) is 24.6 Å². The highest BCUT2D eigenvalue weighted by Gasteiger charge is 2.09. The molecule has 0 aliphatic rings. The van der Waals surface area contributed by atoms with Crippen molar-refractivity contribution in [3.63, 3.8) is 0 Å². The molecule has 0 fully saturated rings. The molecule has 17 heavy (non-hydrogen) atoms. The summed E-state index contributed by atoms with van der Waals surface area (Å²) in [6.07, 6.45) is 0.932. The summed E-state index contributed by atoms with van der Waals surface area (Å²) in [5, 5.41) is 2.92. The Kier molecular flexibility index (Phi) is 5.44. The molecule has 0 saturated carbocycles. The van der Waals surface area contributed by atoms with Crippen LogP contribution in [0.15, 0.2) is 23.1 Å². The van der Waals surface area contributed by atoms with E-state index in [0.29, 0.717) is 34.2 Å². The molecule has 0 saturated heterocycles. The minimum Gasteiger partial charge on any atom is -0.399 e. The van der Waals surface area contributed by atoms with Gasteiger partial charge >= 0.3 is 0 Å². The molecular weight excluding hydrogens is 260 g/mol. The van der Waals surface area contributed by atoms with Gasteiger partial charge in [-0.1, -0.05) is 11.6 Å². The molecule has 4 nitrogen and oxygen atoms in total. The van der Waals surface area contributed by atoms with Crippen LogP contribution in [0.25, 0.3) is 0 Å². The van der Waals surface area contributed by atoms with Crippen molar-refractivity contribution < 1.29 is 9.00 Å². The van der Waals surface area contributed by atoms with E-state index >= 15 is 0 Å². The van der Waals surface area contributed by atoms with Gasteiger partial charge in [0.15, 0.2) is 0 Å². The highest BCUT2D eigenvalue weighted by atomic mass is 35.5. The summed E-state index contributed by atoms with van der Waals surface area (Å²) in [6, 6.07) is 4.90. The van der Waals surface area contributed by atoms with Crippen LogP contribution in [0, 0.1) is 0 Å². The largest absolute Gasteiger partial charge is 0.399 e. The number of hydrogen-bond donors (Lipinski definition) is 2. The Hall–Kier alpha value is -1.07. The second-order valence-electron chi connectivity index (χ2n) is 3.52. The number of nitrogen functional groups attached to an aromatic ring is 1. The van der Waals surface area contributed by atoms with E-state index in [-0.39, 0.29) is 5.91 Å². The van der Waals surface area contributed by atoms with Crippen LogP contribution in [0.3, 0.4) is 0 Å². The highest BCUT2D eigenvalue weighted by molar-refractivity contribution is 7.85. The number of benzene rings is 1. The van der Waals surface area contributed by atoms with Crippen LogP contribution in [-0.4, -0.2) is 22.9 Å². The molecule has 0 aliphatic heterocycles. The Labute approximate surface area is 108 Å². The first-order valence-corrected chi connectivity index (χ1v) is 6.88. The van der Waals surface area contributed by atoms with Gasteiger partial charge in [-0.25, -0.2) is 0 Å². The fourth-order valence-electron chi connectivity index (χ4n) is 1.30. The van der Waals surface area contributed by atoms with Crippen molar-refractivity contribution in [2.45, 2.75) is 17.7 Å². The van der Waals surface area contributed by atoms with Crippen LogP contribution in [0.4, 0.5) is 5.69 Å². The maximum absolute atomic E-state index is 11.9. The highest BCUT2D eigenvalue weighted by Crippen LogP contribution is 2.22. The molecule has 1 unspecified atom stereocenters. The van der Waals surface area contributed by atoms with Crippen molar-refractivity contribution in [3.05, 3.63) is 23.2 Å². The molecule has 0 aromatic heterocycles. The summed E-state index contributed by atoms with van der Waals surface area (Å²) in [5.41, 5.74) is 6.09. The Morgan fingerprint density at radius 3 is 2.82 bits per heavy atom. The third kappa shape index (κ3) is 4.36. The number of nitrogens with two attached hydrogens (primary N) is 1. The summed E-state index contributed by atoms with van der Waals surface area (Å²) >= 11 is 5.94. The number of rotatable bonds is 5. The number of anilines is 1. The van der Waals surface area contributed by atoms with Crippen molar-refractivity contribution in [2.24, 2.45) is 0 Å². The zero-order chi connectivity index (χ0) is 12.8. The van der Waals surface area contributed by atoms with E-state index in [9.17, 15) is 9.00 Å². The van der Waals surface area contributed by atoms with Crippen molar-refractivity contribution in [2.75, 3.05) is 18.5 Å².